The number of imidazole rings is 1. The molecular weight excluding hydrogens is 300 g/mol. The van der Waals surface area contributed by atoms with E-state index in [1.54, 1.807) is 0 Å². The summed E-state index contributed by atoms with van der Waals surface area (Å²) >= 11 is 0. The number of nitrogens with zero attached hydrogens (tertiary/aromatic N) is 3. The van der Waals surface area contributed by atoms with Gasteiger partial charge in [0, 0.05) is 32.4 Å². The maximum absolute atomic E-state index is 12.4. The van der Waals surface area contributed by atoms with Gasteiger partial charge in [-0.25, -0.2) is 4.98 Å². The maximum Gasteiger partial charge on any atom is 0.271 e. The van der Waals surface area contributed by atoms with E-state index in [0.717, 1.165) is 37.6 Å². The van der Waals surface area contributed by atoms with Crippen molar-refractivity contribution in [1.29, 1.82) is 0 Å². The van der Waals surface area contributed by atoms with E-state index in [9.17, 15) is 4.79 Å². The van der Waals surface area contributed by atoms with E-state index >= 15 is 0 Å². The first kappa shape index (κ1) is 16.7. The van der Waals surface area contributed by atoms with Gasteiger partial charge < -0.3 is 9.88 Å². The summed E-state index contributed by atoms with van der Waals surface area (Å²) in [7, 11) is 0. The van der Waals surface area contributed by atoms with E-state index in [-0.39, 0.29) is 5.91 Å². The maximum atomic E-state index is 12.4. The molecular formula is C19H26N4O. The highest BCUT2D eigenvalue weighted by molar-refractivity contribution is 5.92. The van der Waals surface area contributed by atoms with Gasteiger partial charge in [0.15, 0.2) is 0 Å². The number of hydrogen-bond donors (Lipinski definition) is 1. The Hall–Kier alpha value is -2.14. The molecule has 0 aliphatic carbocycles. The van der Waals surface area contributed by atoms with E-state index in [4.69, 9.17) is 0 Å². The average molecular weight is 326 g/mol. The smallest absolute Gasteiger partial charge is 0.271 e. The van der Waals surface area contributed by atoms with Gasteiger partial charge in [-0.2, -0.15) is 0 Å². The Morgan fingerprint density at radius 3 is 2.83 bits per heavy atom. The number of fused-ring (bicyclic) bond motifs is 1. The Balaban J connectivity index is 1.63. The first-order chi connectivity index (χ1) is 11.5. The van der Waals surface area contributed by atoms with E-state index in [1.807, 2.05) is 24.4 Å². The highest BCUT2D eigenvalue weighted by Crippen LogP contribution is 2.14. The zero-order valence-corrected chi connectivity index (χ0v) is 14.7. The van der Waals surface area contributed by atoms with Crippen molar-refractivity contribution in [1.82, 2.24) is 19.8 Å². The number of benzene rings is 1. The van der Waals surface area contributed by atoms with Gasteiger partial charge in [-0.1, -0.05) is 38.1 Å². The molecule has 128 valence electrons. The Kier molecular flexibility index (Phi) is 5.00. The van der Waals surface area contributed by atoms with Gasteiger partial charge in [-0.3, -0.25) is 9.69 Å². The summed E-state index contributed by atoms with van der Waals surface area (Å²) in [6, 6.07) is 8.10. The van der Waals surface area contributed by atoms with Crippen LogP contribution in [-0.2, 0) is 19.6 Å². The highest BCUT2D eigenvalue weighted by Gasteiger charge is 2.21. The molecule has 24 heavy (non-hydrogen) atoms. The van der Waals surface area contributed by atoms with Crippen LogP contribution in [-0.4, -0.2) is 33.4 Å². The summed E-state index contributed by atoms with van der Waals surface area (Å²) < 4.78 is 2.11. The summed E-state index contributed by atoms with van der Waals surface area (Å²) in [4.78, 5) is 19.4. The molecule has 0 radical (unpaired) electrons. The largest absolute Gasteiger partial charge is 0.347 e. The molecule has 1 aromatic heterocycles. The predicted molar refractivity (Wildman–Crippen MR) is 94.7 cm³/mol. The van der Waals surface area contributed by atoms with Crippen molar-refractivity contribution in [3.63, 3.8) is 0 Å². The van der Waals surface area contributed by atoms with E-state index in [1.165, 1.54) is 5.56 Å². The summed E-state index contributed by atoms with van der Waals surface area (Å²) in [5, 5.41) is 2.98. The zero-order chi connectivity index (χ0) is 17.1. The number of amides is 1. The van der Waals surface area contributed by atoms with Crippen LogP contribution in [0.25, 0.3) is 0 Å². The summed E-state index contributed by atoms with van der Waals surface area (Å²) in [6.45, 7) is 10.9. The first-order valence-corrected chi connectivity index (χ1v) is 8.64. The van der Waals surface area contributed by atoms with Crippen LogP contribution in [0.5, 0.6) is 0 Å². The number of nitrogens with one attached hydrogen (secondary N) is 1. The van der Waals surface area contributed by atoms with Gasteiger partial charge in [-0.05, 0) is 24.0 Å². The SMILES string of the molecule is Cc1ccccc1CNC(=O)c1cn2c(n1)CN(CC(C)C)CC2. The molecule has 1 aromatic carbocycles. The minimum atomic E-state index is -0.101. The highest BCUT2D eigenvalue weighted by atomic mass is 16.1. The van der Waals surface area contributed by atoms with Gasteiger partial charge in [-0.15, -0.1) is 0 Å². The van der Waals surface area contributed by atoms with E-state index < -0.39 is 0 Å². The Morgan fingerprint density at radius 1 is 1.29 bits per heavy atom. The number of carbonyl (C=O) groups excluding carboxylic acids is 1. The molecule has 0 fully saturated rings. The number of aromatic nitrogens is 2. The third-order valence-corrected chi connectivity index (χ3v) is 4.44. The van der Waals surface area contributed by atoms with Crippen LogP contribution in [0.4, 0.5) is 0 Å². The van der Waals surface area contributed by atoms with Crippen LogP contribution in [0.15, 0.2) is 30.5 Å². The third kappa shape index (κ3) is 3.85. The van der Waals surface area contributed by atoms with Gasteiger partial charge in [0.05, 0.1) is 6.54 Å². The molecule has 3 rings (SSSR count). The Morgan fingerprint density at radius 2 is 2.08 bits per heavy atom. The van der Waals surface area contributed by atoms with E-state index in [2.05, 4.69) is 46.6 Å². The first-order valence-electron chi connectivity index (χ1n) is 8.64. The van der Waals surface area contributed by atoms with Crippen LogP contribution >= 0.6 is 0 Å². The average Bonchev–Trinajstić information content (AvgIpc) is 2.96. The van der Waals surface area contributed by atoms with Crippen molar-refractivity contribution in [2.75, 3.05) is 13.1 Å². The Labute approximate surface area is 143 Å². The van der Waals surface area contributed by atoms with Crippen molar-refractivity contribution in [3.8, 4) is 0 Å². The van der Waals surface area contributed by atoms with Crippen LogP contribution in [0, 0.1) is 12.8 Å². The molecule has 0 saturated carbocycles. The molecule has 2 aromatic rings. The lowest BCUT2D eigenvalue weighted by Crippen LogP contribution is -2.35. The van der Waals surface area contributed by atoms with Crippen molar-refractivity contribution >= 4 is 5.91 Å². The molecule has 1 amide bonds. The van der Waals surface area contributed by atoms with Crippen LogP contribution in [0.2, 0.25) is 0 Å². The molecule has 2 heterocycles. The minimum Gasteiger partial charge on any atom is -0.347 e. The summed E-state index contributed by atoms with van der Waals surface area (Å²) in [5.74, 6) is 1.53. The summed E-state index contributed by atoms with van der Waals surface area (Å²) in [6.07, 6.45) is 1.88. The molecule has 0 saturated heterocycles. The fraction of sp³-hybridized carbons (Fsp3) is 0.474. The zero-order valence-electron chi connectivity index (χ0n) is 14.7. The van der Waals surface area contributed by atoms with Crippen LogP contribution < -0.4 is 5.32 Å². The molecule has 5 heteroatoms. The summed E-state index contributed by atoms with van der Waals surface area (Å²) in [5.41, 5.74) is 2.84. The standard InChI is InChI=1S/C19H26N4O/c1-14(2)11-22-8-9-23-12-17(21-18(23)13-22)19(24)20-10-16-7-5-4-6-15(16)3/h4-7,12,14H,8-11,13H2,1-3H3,(H,20,24). The number of rotatable bonds is 5. The van der Waals surface area contributed by atoms with Crippen LogP contribution in [0.1, 0.15) is 41.3 Å². The topological polar surface area (TPSA) is 50.2 Å². The lowest BCUT2D eigenvalue weighted by Gasteiger charge is -2.28. The molecule has 0 bridgehead atoms. The monoisotopic (exact) mass is 326 g/mol. The van der Waals surface area contributed by atoms with Gasteiger partial charge in [0.25, 0.3) is 5.91 Å². The number of hydrogen-bond acceptors (Lipinski definition) is 3. The minimum absolute atomic E-state index is 0.101. The predicted octanol–water partition coefficient (Wildman–Crippen LogP) is 2.59. The lowest BCUT2D eigenvalue weighted by molar-refractivity contribution is 0.0946. The molecule has 1 aliphatic rings. The normalized spacial score (nSPS) is 14.7. The van der Waals surface area contributed by atoms with Crippen LogP contribution in [0.3, 0.4) is 0 Å². The fourth-order valence-corrected chi connectivity index (χ4v) is 3.16. The quantitative estimate of drug-likeness (QED) is 0.919. The van der Waals surface area contributed by atoms with Gasteiger partial charge in [0.2, 0.25) is 0 Å². The van der Waals surface area contributed by atoms with Gasteiger partial charge in [0.1, 0.15) is 11.5 Å². The second kappa shape index (κ2) is 7.18. The molecule has 0 unspecified atom stereocenters. The van der Waals surface area contributed by atoms with Crippen molar-refractivity contribution in [3.05, 3.63) is 53.1 Å². The second-order valence-corrected chi connectivity index (χ2v) is 6.97. The van der Waals surface area contributed by atoms with Gasteiger partial charge >= 0.3 is 0 Å². The molecule has 1 aliphatic heterocycles. The number of aryl methyl sites for hydroxylation is 1. The second-order valence-electron chi connectivity index (χ2n) is 6.97. The number of carbonyl (C=O) groups is 1. The molecule has 1 N–H and O–H groups in total. The van der Waals surface area contributed by atoms with Crippen molar-refractivity contribution < 1.29 is 4.79 Å². The molecule has 0 atom stereocenters. The third-order valence-electron chi connectivity index (χ3n) is 4.44. The van der Waals surface area contributed by atoms with E-state index in [0.29, 0.717) is 18.2 Å². The van der Waals surface area contributed by atoms with Crippen molar-refractivity contribution in [2.45, 2.75) is 40.4 Å². The van der Waals surface area contributed by atoms with Crippen molar-refractivity contribution in [2.24, 2.45) is 5.92 Å². The lowest BCUT2D eigenvalue weighted by atomic mass is 10.1. The Bertz CT molecular complexity index is 720. The molecule has 5 nitrogen and oxygen atoms in total. The molecule has 0 spiro atoms. The fourth-order valence-electron chi connectivity index (χ4n) is 3.16.